The fourth-order valence-corrected chi connectivity index (χ4v) is 1.59. The lowest BCUT2D eigenvalue weighted by atomic mass is 9.92. The van der Waals surface area contributed by atoms with E-state index in [9.17, 15) is 14.7 Å². The van der Waals surface area contributed by atoms with E-state index in [1.54, 1.807) is 6.07 Å². The van der Waals surface area contributed by atoms with Gasteiger partial charge in [-0.05, 0) is 0 Å². The number of amides is 3. The van der Waals surface area contributed by atoms with E-state index in [-0.39, 0.29) is 11.3 Å². The van der Waals surface area contributed by atoms with Crippen LogP contribution in [-0.2, 0) is 10.2 Å². The third kappa shape index (κ3) is 1.76. The first kappa shape index (κ1) is 12.6. The number of imide groups is 1. The topological polar surface area (TPSA) is 86.9 Å². The van der Waals surface area contributed by atoms with E-state index >= 15 is 0 Å². The molecule has 1 N–H and O–H groups in total. The molecule has 1 aromatic rings. The zero-order valence-corrected chi connectivity index (χ0v) is 10.7. The van der Waals surface area contributed by atoms with Gasteiger partial charge in [0.2, 0.25) is 12.1 Å². The molecule has 1 atom stereocenters. The maximum Gasteiger partial charge on any atom is 0.336 e. The van der Waals surface area contributed by atoms with Crippen LogP contribution < -0.4 is 4.90 Å². The Bertz CT molecular complexity index is 503. The number of nitrogens with zero attached hydrogens (tertiary/aromatic N) is 3. The molecule has 0 spiro atoms. The molecule has 2 heterocycles. The van der Waals surface area contributed by atoms with Crippen molar-refractivity contribution in [3.8, 4) is 0 Å². The van der Waals surface area contributed by atoms with E-state index in [4.69, 9.17) is 4.52 Å². The smallest absolute Gasteiger partial charge is 0.336 e. The first-order valence-corrected chi connectivity index (χ1v) is 5.49. The van der Waals surface area contributed by atoms with Crippen LogP contribution >= 0.6 is 0 Å². The molecule has 2 rings (SSSR count). The molecule has 3 amide bonds. The second kappa shape index (κ2) is 3.81. The molecule has 7 heteroatoms. The van der Waals surface area contributed by atoms with Gasteiger partial charge in [-0.2, -0.15) is 0 Å². The molecule has 0 bridgehead atoms. The maximum atomic E-state index is 11.8. The molecule has 1 unspecified atom stereocenters. The van der Waals surface area contributed by atoms with Crippen LogP contribution in [0.1, 0.15) is 26.5 Å². The van der Waals surface area contributed by atoms with Gasteiger partial charge in [0.05, 0.1) is 5.69 Å². The van der Waals surface area contributed by atoms with Crippen molar-refractivity contribution in [2.24, 2.45) is 0 Å². The second-order valence-electron chi connectivity index (χ2n) is 5.22. The molecule has 0 aliphatic carbocycles. The van der Waals surface area contributed by atoms with E-state index in [1.807, 2.05) is 20.8 Å². The molecule has 1 aliphatic rings. The number of aliphatic hydroxyl groups excluding tert-OH is 1. The van der Waals surface area contributed by atoms with E-state index in [0.717, 1.165) is 9.80 Å². The fourth-order valence-electron chi connectivity index (χ4n) is 1.59. The summed E-state index contributed by atoms with van der Waals surface area (Å²) >= 11 is 0. The molecule has 18 heavy (non-hydrogen) atoms. The average molecular weight is 253 g/mol. The second-order valence-corrected chi connectivity index (χ2v) is 5.22. The van der Waals surface area contributed by atoms with E-state index in [1.165, 1.54) is 7.05 Å². The first-order chi connectivity index (χ1) is 8.23. The van der Waals surface area contributed by atoms with Crippen molar-refractivity contribution in [2.75, 3.05) is 11.9 Å². The molecule has 0 aromatic carbocycles. The highest BCUT2D eigenvalue weighted by molar-refractivity contribution is 6.12. The summed E-state index contributed by atoms with van der Waals surface area (Å²) in [5, 5.41) is 13.5. The Hall–Kier alpha value is -1.89. The standard InChI is InChI=1S/C11H15N3O4/c1-11(2,3)6-5-7(18-12-6)14-9(16)8(15)13(4)10(14)17/h5,9,16H,1-4H3. The van der Waals surface area contributed by atoms with Gasteiger partial charge in [-0.15, -0.1) is 0 Å². The molecule has 0 saturated carbocycles. The summed E-state index contributed by atoms with van der Waals surface area (Å²) in [6.07, 6.45) is -1.55. The zero-order valence-electron chi connectivity index (χ0n) is 10.7. The molecular weight excluding hydrogens is 238 g/mol. The largest absolute Gasteiger partial charge is 0.365 e. The Kier molecular flexibility index (Phi) is 2.66. The van der Waals surface area contributed by atoms with Gasteiger partial charge < -0.3 is 9.63 Å². The third-order valence-corrected chi connectivity index (χ3v) is 2.79. The van der Waals surface area contributed by atoms with Crippen molar-refractivity contribution in [3.63, 3.8) is 0 Å². The number of urea groups is 1. The zero-order chi connectivity index (χ0) is 13.7. The van der Waals surface area contributed by atoms with Gasteiger partial charge >= 0.3 is 6.03 Å². The summed E-state index contributed by atoms with van der Waals surface area (Å²) in [4.78, 5) is 24.9. The minimum absolute atomic E-state index is 0.0649. The molecule has 7 nitrogen and oxygen atoms in total. The first-order valence-electron chi connectivity index (χ1n) is 5.49. The quantitative estimate of drug-likeness (QED) is 0.744. The molecule has 0 radical (unpaired) electrons. The van der Waals surface area contributed by atoms with E-state index < -0.39 is 18.2 Å². The lowest BCUT2D eigenvalue weighted by Gasteiger charge is -2.14. The fraction of sp³-hybridized carbons (Fsp3) is 0.545. The highest BCUT2D eigenvalue weighted by atomic mass is 16.5. The minimum atomic E-state index is -1.55. The number of carbonyl (C=O) groups is 2. The van der Waals surface area contributed by atoms with Gasteiger partial charge in [0.25, 0.3) is 5.91 Å². The van der Waals surface area contributed by atoms with Crippen LogP contribution in [0.25, 0.3) is 0 Å². The number of anilines is 1. The van der Waals surface area contributed by atoms with Crippen LogP contribution in [0, 0.1) is 0 Å². The molecule has 1 aromatic heterocycles. The summed E-state index contributed by atoms with van der Waals surface area (Å²) in [5.41, 5.74) is 0.394. The van der Waals surface area contributed by atoms with Crippen molar-refractivity contribution in [2.45, 2.75) is 32.4 Å². The van der Waals surface area contributed by atoms with Gasteiger partial charge in [-0.1, -0.05) is 25.9 Å². The van der Waals surface area contributed by atoms with Crippen molar-refractivity contribution >= 4 is 17.8 Å². The highest BCUT2D eigenvalue weighted by Gasteiger charge is 2.45. The highest BCUT2D eigenvalue weighted by Crippen LogP contribution is 2.29. The Morgan fingerprint density at radius 1 is 1.39 bits per heavy atom. The van der Waals surface area contributed by atoms with Crippen LogP contribution in [0.15, 0.2) is 10.6 Å². The predicted molar refractivity (Wildman–Crippen MR) is 61.9 cm³/mol. The van der Waals surface area contributed by atoms with Gasteiger partial charge in [0, 0.05) is 18.5 Å². The number of hydrogen-bond donors (Lipinski definition) is 1. The summed E-state index contributed by atoms with van der Waals surface area (Å²) in [5.74, 6) is -0.621. The van der Waals surface area contributed by atoms with Crippen LogP contribution in [-0.4, -0.2) is 40.4 Å². The van der Waals surface area contributed by atoms with Crippen LogP contribution in [0.2, 0.25) is 0 Å². The molecule has 1 saturated heterocycles. The van der Waals surface area contributed by atoms with Crippen molar-refractivity contribution < 1.29 is 19.2 Å². The number of aliphatic hydroxyl groups is 1. The normalized spacial score (nSPS) is 21.1. The van der Waals surface area contributed by atoms with Gasteiger partial charge in [-0.3, -0.25) is 9.69 Å². The Morgan fingerprint density at radius 2 is 2.00 bits per heavy atom. The maximum absolute atomic E-state index is 11.8. The average Bonchev–Trinajstić information content (AvgIpc) is 2.81. The Labute approximate surface area is 104 Å². The Balaban J connectivity index is 2.36. The number of carbonyl (C=O) groups excluding carboxylic acids is 2. The SMILES string of the molecule is CN1C(=O)C(O)N(c2cc(C(C)(C)C)no2)C1=O. The third-order valence-electron chi connectivity index (χ3n) is 2.79. The summed E-state index contributed by atoms with van der Waals surface area (Å²) in [7, 11) is 1.30. The van der Waals surface area contributed by atoms with Gasteiger partial charge in [-0.25, -0.2) is 9.69 Å². The van der Waals surface area contributed by atoms with E-state index in [0.29, 0.717) is 5.69 Å². The predicted octanol–water partition coefficient (Wildman–Crippen LogP) is 0.689. The number of rotatable bonds is 1. The van der Waals surface area contributed by atoms with Crippen LogP contribution in [0.5, 0.6) is 0 Å². The monoisotopic (exact) mass is 253 g/mol. The Morgan fingerprint density at radius 3 is 2.39 bits per heavy atom. The number of aromatic nitrogens is 1. The van der Waals surface area contributed by atoms with Crippen molar-refractivity contribution in [3.05, 3.63) is 11.8 Å². The van der Waals surface area contributed by atoms with Gasteiger partial charge in [0.1, 0.15) is 0 Å². The molecule has 98 valence electrons. The summed E-state index contributed by atoms with van der Waals surface area (Å²) in [6, 6.07) is 0.914. The summed E-state index contributed by atoms with van der Waals surface area (Å²) < 4.78 is 5.03. The van der Waals surface area contributed by atoms with Gasteiger partial charge in [0.15, 0.2) is 0 Å². The number of hydrogen-bond acceptors (Lipinski definition) is 5. The van der Waals surface area contributed by atoms with E-state index in [2.05, 4.69) is 5.16 Å². The van der Waals surface area contributed by atoms with Crippen molar-refractivity contribution in [1.82, 2.24) is 10.1 Å². The molecular formula is C11H15N3O4. The van der Waals surface area contributed by atoms with Crippen LogP contribution in [0.3, 0.4) is 0 Å². The molecule has 1 aliphatic heterocycles. The van der Waals surface area contributed by atoms with Crippen molar-refractivity contribution in [1.29, 1.82) is 0 Å². The lowest BCUT2D eigenvalue weighted by molar-refractivity contribution is -0.132. The summed E-state index contributed by atoms with van der Waals surface area (Å²) in [6.45, 7) is 5.82. The lowest BCUT2D eigenvalue weighted by Crippen LogP contribution is -2.34. The minimum Gasteiger partial charge on any atom is -0.365 e. The number of likely N-dealkylation sites (N-methyl/N-ethyl adjacent to an activating group) is 1. The van der Waals surface area contributed by atoms with Crippen LogP contribution in [0.4, 0.5) is 10.7 Å². The molecule has 1 fully saturated rings.